The number of H-pyrrole nitrogens is 1. The van der Waals surface area contributed by atoms with E-state index in [-0.39, 0.29) is 0 Å². The fourth-order valence-corrected chi connectivity index (χ4v) is 2.35. The number of fused-ring (bicyclic) bond motifs is 1. The highest BCUT2D eigenvalue weighted by Crippen LogP contribution is 2.22. The van der Waals surface area contributed by atoms with E-state index in [0.717, 1.165) is 12.8 Å². The Morgan fingerprint density at radius 1 is 1.45 bits per heavy atom. The molecule has 2 rings (SSSR count). The quantitative estimate of drug-likeness (QED) is 0.579. The molecule has 4 nitrogen and oxygen atoms in total. The zero-order valence-electron chi connectivity index (χ0n) is 12.5. The van der Waals surface area contributed by atoms with Crippen LogP contribution in [-0.2, 0) is 6.42 Å². The number of aromatic nitrogens is 1. The van der Waals surface area contributed by atoms with Gasteiger partial charge in [-0.25, -0.2) is 0 Å². The molecule has 1 aromatic heterocycles. The molecule has 4 heteroatoms. The van der Waals surface area contributed by atoms with Gasteiger partial charge in [0.1, 0.15) is 0 Å². The van der Waals surface area contributed by atoms with E-state index in [0.29, 0.717) is 18.5 Å². The lowest BCUT2D eigenvalue weighted by molar-refractivity contribution is 0.636. The van der Waals surface area contributed by atoms with Gasteiger partial charge in [-0.1, -0.05) is 19.1 Å². The number of nitrogens with zero attached hydrogens (tertiary/aromatic N) is 1. The van der Waals surface area contributed by atoms with Crippen molar-refractivity contribution in [2.24, 2.45) is 10.7 Å². The zero-order chi connectivity index (χ0) is 14.5. The van der Waals surface area contributed by atoms with Crippen LogP contribution in [0.2, 0.25) is 0 Å². The lowest BCUT2D eigenvalue weighted by Gasteiger charge is -2.11. The highest BCUT2D eigenvalue weighted by atomic mass is 15.1. The van der Waals surface area contributed by atoms with Crippen LogP contribution in [0.3, 0.4) is 0 Å². The molecule has 0 saturated heterocycles. The Morgan fingerprint density at radius 2 is 2.25 bits per heavy atom. The van der Waals surface area contributed by atoms with Crippen molar-refractivity contribution in [3.05, 3.63) is 35.5 Å². The number of hydrogen-bond donors (Lipinski definition) is 3. The lowest BCUT2D eigenvalue weighted by atomic mass is 10.1. The summed E-state index contributed by atoms with van der Waals surface area (Å²) in [5.74, 6) is 0.538. The summed E-state index contributed by atoms with van der Waals surface area (Å²) in [4.78, 5) is 7.71. The molecule has 1 heterocycles. The molecule has 0 amide bonds. The fraction of sp³-hybridized carbons (Fsp3) is 0.438. The second-order valence-corrected chi connectivity index (χ2v) is 5.28. The van der Waals surface area contributed by atoms with Crippen LogP contribution < -0.4 is 11.1 Å². The summed E-state index contributed by atoms with van der Waals surface area (Å²) in [7, 11) is 0. The van der Waals surface area contributed by atoms with E-state index in [4.69, 9.17) is 5.73 Å². The number of aromatic amines is 1. The van der Waals surface area contributed by atoms with Crippen LogP contribution in [-0.4, -0.2) is 23.5 Å². The smallest absolute Gasteiger partial charge is 0.188 e. The van der Waals surface area contributed by atoms with Gasteiger partial charge in [-0.15, -0.1) is 0 Å². The zero-order valence-corrected chi connectivity index (χ0v) is 12.5. The molecule has 20 heavy (non-hydrogen) atoms. The van der Waals surface area contributed by atoms with Crippen molar-refractivity contribution in [1.29, 1.82) is 0 Å². The summed E-state index contributed by atoms with van der Waals surface area (Å²) in [6, 6.07) is 6.69. The highest BCUT2D eigenvalue weighted by molar-refractivity contribution is 5.86. The first-order chi connectivity index (χ1) is 9.61. The summed E-state index contributed by atoms with van der Waals surface area (Å²) >= 11 is 0. The van der Waals surface area contributed by atoms with Gasteiger partial charge < -0.3 is 16.0 Å². The third-order valence-electron chi connectivity index (χ3n) is 3.67. The van der Waals surface area contributed by atoms with Gasteiger partial charge in [-0.2, -0.15) is 0 Å². The molecule has 0 aliphatic carbocycles. The topological polar surface area (TPSA) is 66.2 Å². The van der Waals surface area contributed by atoms with Crippen LogP contribution in [0.5, 0.6) is 0 Å². The minimum Gasteiger partial charge on any atom is -0.370 e. The third-order valence-corrected chi connectivity index (χ3v) is 3.67. The van der Waals surface area contributed by atoms with Gasteiger partial charge >= 0.3 is 0 Å². The van der Waals surface area contributed by atoms with Crippen molar-refractivity contribution in [2.45, 2.75) is 39.7 Å². The average Bonchev–Trinajstić information content (AvgIpc) is 2.83. The van der Waals surface area contributed by atoms with Crippen molar-refractivity contribution in [1.82, 2.24) is 10.3 Å². The van der Waals surface area contributed by atoms with Gasteiger partial charge in [0.05, 0.1) is 0 Å². The standard InChI is InChI=1S/C16H24N4/c1-4-12(3)20-16(17)18-9-8-13-10-19-14-7-5-6-11(2)15(13)14/h5-7,10,12,19H,4,8-9H2,1-3H3,(H3,17,18,20). The van der Waals surface area contributed by atoms with Crippen LogP contribution in [0.25, 0.3) is 10.9 Å². The Hall–Kier alpha value is -1.97. The molecule has 1 atom stereocenters. The number of nitrogens with one attached hydrogen (secondary N) is 2. The summed E-state index contributed by atoms with van der Waals surface area (Å²) in [5.41, 5.74) is 9.66. The van der Waals surface area contributed by atoms with Gasteiger partial charge in [-0.3, -0.25) is 4.99 Å². The normalized spacial score (nSPS) is 13.7. The van der Waals surface area contributed by atoms with Crippen molar-refractivity contribution in [3.63, 3.8) is 0 Å². The maximum atomic E-state index is 5.86. The summed E-state index contributed by atoms with van der Waals surface area (Å²) in [6.45, 7) is 7.07. The molecule has 0 fully saturated rings. The molecule has 1 aromatic carbocycles. The average molecular weight is 272 g/mol. The minimum absolute atomic E-state index is 0.370. The second-order valence-electron chi connectivity index (χ2n) is 5.28. The molecule has 0 radical (unpaired) electrons. The summed E-state index contributed by atoms with van der Waals surface area (Å²) in [5, 5.41) is 4.49. The molecular weight excluding hydrogens is 248 g/mol. The monoisotopic (exact) mass is 272 g/mol. The first-order valence-electron chi connectivity index (χ1n) is 7.23. The molecular formula is C16H24N4. The van der Waals surface area contributed by atoms with E-state index in [9.17, 15) is 0 Å². The molecule has 4 N–H and O–H groups in total. The largest absolute Gasteiger partial charge is 0.370 e. The Kier molecular flexibility index (Phi) is 4.66. The van der Waals surface area contributed by atoms with E-state index in [1.54, 1.807) is 0 Å². The first-order valence-corrected chi connectivity index (χ1v) is 7.23. The number of aliphatic imine (C=N–C) groups is 1. The maximum absolute atomic E-state index is 5.86. The number of aryl methyl sites for hydroxylation is 1. The second kappa shape index (κ2) is 6.46. The van der Waals surface area contributed by atoms with Gasteiger partial charge in [0.2, 0.25) is 0 Å². The van der Waals surface area contributed by atoms with Gasteiger partial charge in [-0.05, 0) is 43.9 Å². The maximum Gasteiger partial charge on any atom is 0.188 e. The van der Waals surface area contributed by atoms with Crippen LogP contribution in [0.15, 0.2) is 29.4 Å². The van der Waals surface area contributed by atoms with Gasteiger partial charge in [0, 0.05) is 29.7 Å². The van der Waals surface area contributed by atoms with Crippen LogP contribution in [0.1, 0.15) is 31.4 Å². The lowest BCUT2D eigenvalue weighted by Crippen LogP contribution is -2.38. The Labute approximate surface area is 120 Å². The molecule has 0 bridgehead atoms. The highest BCUT2D eigenvalue weighted by Gasteiger charge is 2.05. The number of hydrogen-bond acceptors (Lipinski definition) is 1. The SMILES string of the molecule is CCC(C)NC(N)=NCCc1c[nH]c2cccc(C)c12. The Bertz CT molecular complexity index is 598. The van der Waals surface area contributed by atoms with Gasteiger partial charge in [0.15, 0.2) is 5.96 Å². The van der Waals surface area contributed by atoms with Crippen molar-refractivity contribution < 1.29 is 0 Å². The van der Waals surface area contributed by atoms with Crippen molar-refractivity contribution in [3.8, 4) is 0 Å². The van der Waals surface area contributed by atoms with Crippen LogP contribution in [0, 0.1) is 6.92 Å². The number of benzene rings is 1. The van der Waals surface area contributed by atoms with Crippen LogP contribution >= 0.6 is 0 Å². The van der Waals surface area contributed by atoms with Crippen molar-refractivity contribution >= 4 is 16.9 Å². The fourth-order valence-electron chi connectivity index (χ4n) is 2.35. The minimum atomic E-state index is 0.370. The Balaban J connectivity index is 2.01. The molecule has 2 aromatic rings. The molecule has 0 spiro atoms. The van der Waals surface area contributed by atoms with E-state index >= 15 is 0 Å². The molecule has 0 saturated carbocycles. The number of nitrogens with two attached hydrogens (primary N) is 1. The molecule has 0 aliphatic heterocycles. The predicted molar refractivity (Wildman–Crippen MR) is 86.1 cm³/mol. The number of rotatable bonds is 5. The van der Waals surface area contributed by atoms with Gasteiger partial charge in [0.25, 0.3) is 0 Å². The van der Waals surface area contributed by atoms with E-state index in [2.05, 4.69) is 60.5 Å². The summed E-state index contributed by atoms with van der Waals surface area (Å²) in [6.07, 6.45) is 4.01. The predicted octanol–water partition coefficient (Wildman–Crippen LogP) is 2.72. The molecule has 1 unspecified atom stereocenters. The van der Waals surface area contributed by atoms with Crippen molar-refractivity contribution in [2.75, 3.05) is 6.54 Å². The summed E-state index contributed by atoms with van der Waals surface area (Å²) < 4.78 is 0. The third kappa shape index (κ3) is 3.32. The van der Waals surface area contributed by atoms with E-state index in [1.807, 2.05) is 0 Å². The molecule has 0 aliphatic rings. The van der Waals surface area contributed by atoms with E-state index in [1.165, 1.54) is 22.0 Å². The Morgan fingerprint density at radius 3 is 3.00 bits per heavy atom. The molecule has 108 valence electrons. The van der Waals surface area contributed by atoms with Crippen LogP contribution in [0.4, 0.5) is 0 Å². The first kappa shape index (κ1) is 14.4. The van der Waals surface area contributed by atoms with E-state index < -0.39 is 0 Å². The number of guanidine groups is 1.